The van der Waals surface area contributed by atoms with Crippen molar-refractivity contribution in [3.05, 3.63) is 35.7 Å². The SMILES string of the molecule is CCN(CC)C(=O)c1cc(-c2ccco2)nc2c1c(C)nn2C. The minimum Gasteiger partial charge on any atom is -0.463 e. The smallest absolute Gasteiger partial charge is 0.254 e. The molecule has 0 aliphatic carbocycles. The number of carbonyl (C=O) groups is 1. The lowest BCUT2D eigenvalue weighted by atomic mass is 10.1. The molecule has 0 atom stereocenters. The molecule has 0 radical (unpaired) electrons. The molecule has 0 fully saturated rings. The monoisotopic (exact) mass is 312 g/mol. The van der Waals surface area contributed by atoms with Gasteiger partial charge in [-0.05, 0) is 39.0 Å². The van der Waals surface area contributed by atoms with E-state index in [9.17, 15) is 4.79 Å². The van der Waals surface area contributed by atoms with Crippen molar-refractivity contribution >= 4 is 16.9 Å². The van der Waals surface area contributed by atoms with Crippen LogP contribution in [0.3, 0.4) is 0 Å². The van der Waals surface area contributed by atoms with Crippen LogP contribution in [0.5, 0.6) is 0 Å². The van der Waals surface area contributed by atoms with Crippen molar-refractivity contribution < 1.29 is 9.21 Å². The number of nitrogens with zero attached hydrogens (tertiary/aromatic N) is 4. The Morgan fingerprint density at radius 1 is 1.35 bits per heavy atom. The molecule has 3 aromatic heterocycles. The first-order valence-electron chi connectivity index (χ1n) is 7.74. The molecule has 0 saturated heterocycles. The van der Waals surface area contributed by atoms with Crippen LogP contribution in [0, 0.1) is 6.92 Å². The Kier molecular flexibility index (Phi) is 3.90. The first-order chi connectivity index (χ1) is 11.1. The van der Waals surface area contributed by atoms with E-state index >= 15 is 0 Å². The van der Waals surface area contributed by atoms with Crippen molar-refractivity contribution in [2.75, 3.05) is 13.1 Å². The van der Waals surface area contributed by atoms with Gasteiger partial charge in [-0.25, -0.2) is 4.98 Å². The third kappa shape index (κ3) is 2.50. The van der Waals surface area contributed by atoms with Crippen LogP contribution < -0.4 is 0 Å². The van der Waals surface area contributed by atoms with Gasteiger partial charge in [0.05, 0.1) is 22.9 Å². The number of pyridine rings is 1. The van der Waals surface area contributed by atoms with Gasteiger partial charge in [-0.15, -0.1) is 0 Å². The number of aromatic nitrogens is 3. The fourth-order valence-corrected chi connectivity index (χ4v) is 2.85. The molecule has 0 spiro atoms. The molecule has 0 bridgehead atoms. The average Bonchev–Trinajstić information content (AvgIpc) is 3.17. The summed E-state index contributed by atoms with van der Waals surface area (Å²) in [7, 11) is 1.83. The zero-order chi connectivity index (χ0) is 16.6. The van der Waals surface area contributed by atoms with E-state index in [0.717, 1.165) is 11.1 Å². The molecule has 120 valence electrons. The third-order valence-electron chi connectivity index (χ3n) is 4.02. The molecule has 3 aromatic rings. The van der Waals surface area contributed by atoms with Crippen LogP contribution in [-0.2, 0) is 7.05 Å². The maximum atomic E-state index is 12.9. The minimum atomic E-state index is -0.00805. The lowest BCUT2D eigenvalue weighted by molar-refractivity contribution is 0.0775. The fraction of sp³-hybridized carbons (Fsp3) is 0.353. The summed E-state index contributed by atoms with van der Waals surface area (Å²) in [5.74, 6) is 0.630. The van der Waals surface area contributed by atoms with Crippen molar-refractivity contribution in [1.29, 1.82) is 0 Å². The Hall–Kier alpha value is -2.63. The molecule has 0 aromatic carbocycles. The summed E-state index contributed by atoms with van der Waals surface area (Å²) in [6.07, 6.45) is 1.60. The normalized spacial score (nSPS) is 11.1. The summed E-state index contributed by atoms with van der Waals surface area (Å²) >= 11 is 0. The van der Waals surface area contributed by atoms with Gasteiger partial charge in [-0.1, -0.05) is 0 Å². The number of aryl methyl sites for hydroxylation is 2. The van der Waals surface area contributed by atoms with Crippen molar-refractivity contribution in [1.82, 2.24) is 19.7 Å². The van der Waals surface area contributed by atoms with E-state index in [0.29, 0.717) is 35.8 Å². The molecular formula is C17H20N4O2. The van der Waals surface area contributed by atoms with Gasteiger partial charge in [0.25, 0.3) is 5.91 Å². The van der Waals surface area contributed by atoms with Crippen LogP contribution in [-0.4, -0.2) is 38.7 Å². The predicted molar refractivity (Wildman–Crippen MR) is 88.2 cm³/mol. The average molecular weight is 312 g/mol. The topological polar surface area (TPSA) is 64.2 Å². The molecule has 0 saturated carbocycles. The molecule has 1 amide bonds. The molecule has 3 heterocycles. The molecule has 3 rings (SSSR count). The van der Waals surface area contributed by atoms with Gasteiger partial charge < -0.3 is 9.32 Å². The van der Waals surface area contributed by atoms with Gasteiger partial charge in [0.2, 0.25) is 0 Å². The number of hydrogen-bond acceptors (Lipinski definition) is 4. The van der Waals surface area contributed by atoms with Gasteiger partial charge in [-0.2, -0.15) is 5.10 Å². The minimum absolute atomic E-state index is 0.00805. The van der Waals surface area contributed by atoms with E-state index in [-0.39, 0.29) is 5.91 Å². The lowest BCUT2D eigenvalue weighted by Gasteiger charge is -2.19. The summed E-state index contributed by atoms with van der Waals surface area (Å²) in [4.78, 5) is 19.4. The first-order valence-corrected chi connectivity index (χ1v) is 7.74. The van der Waals surface area contributed by atoms with Gasteiger partial charge >= 0.3 is 0 Å². The van der Waals surface area contributed by atoms with Crippen molar-refractivity contribution in [2.24, 2.45) is 7.05 Å². The summed E-state index contributed by atoms with van der Waals surface area (Å²) in [5, 5.41) is 5.22. The van der Waals surface area contributed by atoms with Crippen molar-refractivity contribution in [2.45, 2.75) is 20.8 Å². The highest BCUT2D eigenvalue weighted by atomic mass is 16.3. The number of furan rings is 1. The van der Waals surface area contributed by atoms with E-state index in [1.165, 1.54) is 0 Å². The van der Waals surface area contributed by atoms with Gasteiger partial charge in [-0.3, -0.25) is 9.48 Å². The van der Waals surface area contributed by atoms with Crippen LogP contribution >= 0.6 is 0 Å². The maximum absolute atomic E-state index is 12.9. The Morgan fingerprint density at radius 2 is 2.09 bits per heavy atom. The van der Waals surface area contributed by atoms with Gasteiger partial charge in [0, 0.05) is 20.1 Å². The highest BCUT2D eigenvalue weighted by Crippen LogP contribution is 2.27. The highest BCUT2D eigenvalue weighted by Gasteiger charge is 2.22. The summed E-state index contributed by atoms with van der Waals surface area (Å²) < 4.78 is 7.15. The summed E-state index contributed by atoms with van der Waals surface area (Å²) in [6.45, 7) is 7.17. The molecule has 0 aliphatic heterocycles. The van der Waals surface area contributed by atoms with E-state index in [1.54, 1.807) is 21.9 Å². The second kappa shape index (κ2) is 5.87. The molecule has 0 N–H and O–H groups in total. The number of carbonyl (C=O) groups excluding carboxylic acids is 1. The number of fused-ring (bicyclic) bond motifs is 1. The fourth-order valence-electron chi connectivity index (χ4n) is 2.85. The second-order valence-electron chi connectivity index (χ2n) is 5.42. The third-order valence-corrected chi connectivity index (χ3v) is 4.02. The Balaban J connectivity index is 2.27. The molecule has 0 unspecified atom stereocenters. The van der Waals surface area contributed by atoms with Crippen molar-refractivity contribution in [3.8, 4) is 11.5 Å². The van der Waals surface area contributed by atoms with Gasteiger partial charge in [0.15, 0.2) is 11.4 Å². The van der Waals surface area contributed by atoms with Crippen LogP contribution in [0.2, 0.25) is 0 Å². The molecule has 23 heavy (non-hydrogen) atoms. The summed E-state index contributed by atoms with van der Waals surface area (Å²) in [5.41, 5.74) is 2.75. The lowest BCUT2D eigenvalue weighted by Crippen LogP contribution is -2.30. The first kappa shape index (κ1) is 15.3. The van der Waals surface area contributed by atoms with E-state index in [4.69, 9.17) is 4.42 Å². The maximum Gasteiger partial charge on any atom is 0.254 e. The van der Waals surface area contributed by atoms with E-state index in [1.807, 2.05) is 40.0 Å². The largest absolute Gasteiger partial charge is 0.463 e. The van der Waals surface area contributed by atoms with Crippen molar-refractivity contribution in [3.63, 3.8) is 0 Å². The zero-order valence-electron chi connectivity index (χ0n) is 13.8. The van der Waals surface area contributed by atoms with Crippen LogP contribution in [0.25, 0.3) is 22.5 Å². The molecule has 0 aliphatic rings. The van der Waals surface area contributed by atoms with E-state index in [2.05, 4.69) is 10.1 Å². The second-order valence-corrected chi connectivity index (χ2v) is 5.42. The van der Waals surface area contributed by atoms with Crippen LogP contribution in [0.4, 0.5) is 0 Å². The zero-order valence-corrected chi connectivity index (χ0v) is 13.8. The molecule has 6 heteroatoms. The summed E-state index contributed by atoms with van der Waals surface area (Å²) in [6, 6.07) is 5.45. The Labute approximate surface area is 134 Å². The predicted octanol–water partition coefficient (Wildman–Crippen LogP) is 3.02. The number of amides is 1. The highest BCUT2D eigenvalue weighted by molar-refractivity contribution is 6.07. The van der Waals surface area contributed by atoms with Crippen LogP contribution in [0.15, 0.2) is 28.9 Å². The van der Waals surface area contributed by atoms with E-state index < -0.39 is 0 Å². The van der Waals surface area contributed by atoms with Gasteiger partial charge in [0.1, 0.15) is 5.69 Å². The Bertz CT molecular complexity index is 845. The number of hydrogen-bond donors (Lipinski definition) is 0. The molecular weight excluding hydrogens is 292 g/mol. The van der Waals surface area contributed by atoms with Crippen LogP contribution in [0.1, 0.15) is 29.9 Å². The quantitative estimate of drug-likeness (QED) is 0.743. The number of rotatable bonds is 4. The molecule has 6 nitrogen and oxygen atoms in total. The Morgan fingerprint density at radius 3 is 2.70 bits per heavy atom. The standard InChI is InChI=1S/C17H20N4O2/c1-5-21(6-2)17(22)12-10-13(14-8-7-9-23-14)18-16-15(12)11(3)19-20(16)4/h7-10H,5-6H2,1-4H3.